The number of amides is 2. The number of aromatic nitrogens is 1. The van der Waals surface area contributed by atoms with E-state index >= 15 is 0 Å². The van der Waals surface area contributed by atoms with E-state index < -0.39 is 24.5 Å². The van der Waals surface area contributed by atoms with E-state index in [-0.39, 0.29) is 18.4 Å². The van der Waals surface area contributed by atoms with Crippen LogP contribution < -0.4 is 10.6 Å². The Morgan fingerprint density at radius 1 is 1.31 bits per heavy atom. The molecule has 2 amide bonds. The third-order valence-electron chi connectivity index (χ3n) is 5.82. The minimum atomic E-state index is -0.591. The van der Waals surface area contributed by atoms with E-state index in [4.69, 9.17) is 4.74 Å². The SMILES string of the molecule is CC(=O)NC(CC(=O)OCC(=O)Nc1c(C#N)c(C)c(C)n1C1CCCC1)c1cccs1. The zero-order valence-corrected chi connectivity index (χ0v) is 19.4. The van der Waals surface area contributed by atoms with E-state index in [1.165, 1.54) is 18.3 Å². The Morgan fingerprint density at radius 2 is 2.03 bits per heavy atom. The molecular formula is C23H28N4O4S. The Balaban J connectivity index is 1.65. The van der Waals surface area contributed by atoms with Gasteiger partial charge < -0.3 is 19.9 Å². The van der Waals surface area contributed by atoms with Crippen molar-refractivity contribution in [3.8, 4) is 6.07 Å². The van der Waals surface area contributed by atoms with E-state index in [2.05, 4.69) is 16.7 Å². The number of ether oxygens (including phenoxy) is 1. The lowest BCUT2D eigenvalue weighted by Gasteiger charge is -2.19. The number of hydrogen-bond acceptors (Lipinski definition) is 6. The molecule has 3 rings (SSSR count). The van der Waals surface area contributed by atoms with E-state index in [1.807, 2.05) is 35.9 Å². The second-order valence-electron chi connectivity index (χ2n) is 8.04. The van der Waals surface area contributed by atoms with Crippen LogP contribution in [0.1, 0.15) is 72.8 Å². The molecule has 2 N–H and O–H groups in total. The number of esters is 1. The molecule has 1 aliphatic rings. The number of nitrogens with one attached hydrogen (secondary N) is 2. The van der Waals surface area contributed by atoms with E-state index in [1.54, 1.807) is 0 Å². The van der Waals surface area contributed by atoms with Gasteiger partial charge in [-0.15, -0.1) is 11.3 Å². The van der Waals surface area contributed by atoms with Crippen molar-refractivity contribution in [3.63, 3.8) is 0 Å². The van der Waals surface area contributed by atoms with E-state index in [0.29, 0.717) is 11.4 Å². The summed E-state index contributed by atoms with van der Waals surface area (Å²) >= 11 is 1.43. The molecule has 0 aliphatic heterocycles. The van der Waals surface area contributed by atoms with Crippen LogP contribution in [0.2, 0.25) is 0 Å². The molecule has 0 aromatic carbocycles. The number of nitriles is 1. The fraction of sp³-hybridized carbons (Fsp3) is 0.478. The summed E-state index contributed by atoms with van der Waals surface area (Å²) in [5, 5.41) is 17.0. The van der Waals surface area contributed by atoms with Gasteiger partial charge in [-0.2, -0.15) is 5.26 Å². The normalized spacial score (nSPS) is 14.6. The van der Waals surface area contributed by atoms with Gasteiger partial charge in [-0.25, -0.2) is 0 Å². The topological polar surface area (TPSA) is 113 Å². The molecule has 2 aromatic heterocycles. The van der Waals surface area contributed by atoms with Crippen LogP contribution in [-0.2, 0) is 19.1 Å². The molecule has 2 heterocycles. The summed E-state index contributed by atoms with van der Waals surface area (Å²) in [4.78, 5) is 37.2. The largest absolute Gasteiger partial charge is 0.455 e. The van der Waals surface area contributed by atoms with Gasteiger partial charge >= 0.3 is 5.97 Å². The van der Waals surface area contributed by atoms with E-state index in [0.717, 1.165) is 41.8 Å². The fourth-order valence-electron chi connectivity index (χ4n) is 4.20. The van der Waals surface area contributed by atoms with Crippen molar-refractivity contribution in [1.82, 2.24) is 9.88 Å². The average molecular weight is 457 g/mol. The molecule has 1 fully saturated rings. The van der Waals surface area contributed by atoms with Gasteiger partial charge in [0.2, 0.25) is 5.91 Å². The summed E-state index contributed by atoms with van der Waals surface area (Å²) in [5.74, 6) is -0.869. The number of hydrogen-bond donors (Lipinski definition) is 2. The molecule has 2 aromatic rings. The van der Waals surface area contributed by atoms with Crippen molar-refractivity contribution in [2.45, 2.75) is 65.0 Å². The molecule has 0 radical (unpaired) electrons. The summed E-state index contributed by atoms with van der Waals surface area (Å²) in [6.07, 6.45) is 4.17. The quantitative estimate of drug-likeness (QED) is 0.585. The molecule has 170 valence electrons. The van der Waals surface area contributed by atoms with Gasteiger partial charge in [-0.3, -0.25) is 14.4 Å². The molecular weight excluding hydrogens is 428 g/mol. The monoisotopic (exact) mass is 456 g/mol. The molecule has 1 saturated carbocycles. The Morgan fingerprint density at radius 3 is 2.62 bits per heavy atom. The predicted octanol–water partition coefficient (Wildman–Crippen LogP) is 3.90. The second-order valence-corrected chi connectivity index (χ2v) is 9.01. The summed E-state index contributed by atoms with van der Waals surface area (Å²) in [7, 11) is 0. The summed E-state index contributed by atoms with van der Waals surface area (Å²) in [5.41, 5.74) is 2.26. The zero-order valence-electron chi connectivity index (χ0n) is 18.6. The van der Waals surface area contributed by atoms with Crippen LogP contribution >= 0.6 is 11.3 Å². The van der Waals surface area contributed by atoms with Crippen molar-refractivity contribution in [1.29, 1.82) is 5.26 Å². The lowest BCUT2D eigenvalue weighted by molar-refractivity contribution is -0.148. The summed E-state index contributed by atoms with van der Waals surface area (Å²) in [6, 6.07) is 5.61. The molecule has 0 spiro atoms. The Hall–Kier alpha value is -3.12. The van der Waals surface area contributed by atoms with Crippen molar-refractivity contribution in [3.05, 3.63) is 39.2 Å². The third-order valence-corrected chi connectivity index (χ3v) is 6.80. The standard InChI is InChI=1S/C23H28N4O4S/c1-14-15(2)27(17-7-4-5-8-17)23(18(14)12-24)26-21(29)13-31-22(30)11-19(25-16(3)28)20-9-6-10-32-20/h6,9-10,17,19H,4-5,7-8,11,13H2,1-3H3,(H,25,28)(H,26,29). The van der Waals surface area contributed by atoms with Gasteiger partial charge in [0.05, 0.1) is 18.0 Å². The van der Waals surface area contributed by atoms with Crippen molar-refractivity contribution in [2.75, 3.05) is 11.9 Å². The molecule has 1 aliphatic carbocycles. The number of rotatable bonds is 8. The Bertz CT molecular complexity index is 1030. The molecule has 0 bridgehead atoms. The third kappa shape index (κ3) is 5.37. The maximum absolute atomic E-state index is 12.6. The van der Waals surface area contributed by atoms with Crippen LogP contribution in [0.3, 0.4) is 0 Å². The highest BCUT2D eigenvalue weighted by Gasteiger charge is 2.27. The van der Waals surface area contributed by atoms with Crippen molar-refractivity contribution in [2.24, 2.45) is 0 Å². The Kier molecular flexibility index (Phi) is 7.70. The van der Waals surface area contributed by atoms with Crippen molar-refractivity contribution >= 4 is 34.9 Å². The minimum absolute atomic E-state index is 0.0759. The van der Waals surface area contributed by atoms with Gasteiger partial charge in [0, 0.05) is 23.5 Å². The first-order valence-electron chi connectivity index (χ1n) is 10.7. The number of carbonyl (C=O) groups excluding carboxylic acids is 3. The second kappa shape index (κ2) is 10.5. The Labute approximate surface area is 191 Å². The van der Waals surface area contributed by atoms with Crippen LogP contribution in [-0.4, -0.2) is 29.0 Å². The fourth-order valence-corrected chi connectivity index (χ4v) is 4.98. The lowest BCUT2D eigenvalue weighted by Crippen LogP contribution is -2.29. The number of anilines is 1. The van der Waals surface area contributed by atoms with Crippen LogP contribution in [0.5, 0.6) is 0 Å². The first-order valence-corrected chi connectivity index (χ1v) is 11.6. The maximum atomic E-state index is 12.6. The number of carbonyl (C=O) groups is 3. The zero-order chi connectivity index (χ0) is 23.3. The van der Waals surface area contributed by atoms with Gasteiger partial charge in [-0.1, -0.05) is 18.9 Å². The predicted molar refractivity (Wildman–Crippen MR) is 121 cm³/mol. The molecule has 32 heavy (non-hydrogen) atoms. The smallest absolute Gasteiger partial charge is 0.308 e. The molecule has 0 saturated heterocycles. The highest BCUT2D eigenvalue weighted by atomic mass is 32.1. The number of nitrogens with zero attached hydrogens (tertiary/aromatic N) is 2. The highest BCUT2D eigenvalue weighted by Crippen LogP contribution is 2.37. The average Bonchev–Trinajstić information content (AvgIpc) is 3.49. The maximum Gasteiger partial charge on any atom is 0.308 e. The first kappa shape index (κ1) is 23.5. The van der Waals surface area contributed by atoms with Crippen LogP contribution in [0.25, 0.3) is 0 Å². The molecule has 8 nitrogen and oxygen atoms in total. The highest BCUT2D eigenvalue weighted by molar-refractivity contribution is 7.10. The van der Waals surface area contributed by atoms with Crippen LogP contribution in [0.15, 0.2) is 17.5 Å². The van der Waals surface area contributed by atoms with Gasteiger partial charge in [0.15, 0.2) is 6.61 Å². The van der Waals surface area contributed by atoms with Gasteiger partial charge in [0.25, 0.3) is 5.91 Å². The first-order chi connectivity index (χ1) is 15.3. The van der Waals surface area contributed by atoms with E-state index in [9.17, 15) is 19.6 Å². The molecule has 1 unspecified atom stereocenters. The van der Waals surface area contributed by atoms with Crippen LogP contribution in [0.4, 0.5) is 5.82 Å². The van der Waals surface area contributed by atoms with Gasteiger partial charge in [-0.05, 0) is 43.7 Å². The molecule has 9 heteroatoms. The number of thiophene rings is 1. The summed E-state index contributed by atoms with van der Waals surface area (Å²) in [6.45, 7) is 4.75. The van der Waals surface area contributed by atoms with Crippen LogP contribution in [0, 0.1) is 25.2 Å². The summed E-state index contributed by atoms with van der Waals surface area (Å²) < 4.78 is 7.22. The molecule has 1 atom stereocenters. The van der Waals surface area contributed by atoms with Gasteiger partial charge in [0.1, 0.15) is 11.9 Å². The minimum Gasteiger partial charge on any atom is -0.455 e. The lowest BCUT2D eigenvalue weighted by atomic mass is 10.1. The van der Waals surface area contributed by atoms with Crippen molar-refractivity contribution < 1.29 is 19.1 Å².